The van der Waals surface area contributed by atoms with Gasteiger partial charge in [0, 0.05) is 36.4 Å². The van der Waals surface area contributed by atoms with Gasteiger partial charge >= 0.3 is 0 Å². The topological polar surface area (TPSA) is 81.4 Å². The summed E-state index contributed by atoms with van der Waals surface area (Å²) in [5.41, 5.74) is 0.968. The van der Waals surface area contributed by atoms with Crippen molar-refractivity contribution >= 4 is 10.0 Å². The summed E-state index contributed by atoms with van der Waals surface area (Å²) in [5.74, 6) is -3.83. The third kappa shape index (κ3) is 4.80. The molecule has 10 heteroatoms. The van der Waals surface area contributed by atoms with E-state index in [9.17, 15) is 21.6 Å². The van der Waals surface area contributed by atoms with E-state index in [1.165, 1.54) is 12.1 Å². The lowest BCUT2D eigenvalue weighted by Crippen LogP contribution is -2.49. The van der Waals surface area contributed by atoms with Gasteiger partial charge in [-0.05, 0) is 44.4 Å². The van der Waals surface area contributed by atoms with Crippen molar-refractivity contribution in [3.8, 4) is 17.0 Å². The van der Waals surface area contributed by atoms with Crippen molar-refractivity contribution in [1.82, 2.24) is 9.88 Å². The number of sulfonamides is 1. The van der Waals surface area contributed by atoms with E-state index in [1.807, 2.05) is 0 Å². The summed E-state index contributed by atoms with van der Waals surface area (Å²) in [6.07, 6.45) is 0.286. The Labute approximate surface area is 172 Å². The first-order chi connectivity index (χ1) is 14.1. The fourth-order valence-electron chi connectivity index (χ4n) is 3.72. The number of halogens is 3. The van der Waals surface area contributed by atoms with E-state index >= 15 is 0 Å². The molecule has 0 radical (unpaired) electrons. The molecule has 6 nitrogen and oxygen atoms in total. The lowest BCUT2D eigenvalue weighted by atomic mass is 9.83. The zero-order valence-electron chi connectivity index (χ0n) is 16.4. The predicted molar refractivity (Wildman–Crippen MR) is 103 cm³/mol. The lowest BCUT2D eigenvalue weighted by Gasteiger charge is -2.36. The quantitative estimate of drug-likeness (QED) is 0.697. The highest BCUT2D eigenvalue weighted by atomic mass is 32.2. The van der Waals surface area contributed by atoms with Crippen molar-refractivity contribution < 1.29 is 30.8 Å². The average Bonchev–Trinajstić information content (AvgIpc) is 3.45. The van der Waals surface area contributed by atoms with Crippen molar-refractivity contribution in [3.05, 3.63) is 35.8 Å². The van der Waals surface area contributed by atoms with Crippen LogP contribution in [0.1, 0.15) is 37.9 Å². The lowest BCUT2D eigenvalue weighted by molar-refractivity contribution is -0.0662. The standard InChI is InChI=1S/C20H23F3N2O4S/c1-12-8-18(24-29-12)13-2-5-19(16(21)9-13)28-11-14-10-20(22,23)7-6-17(14)25-30(26,27)15-3-4-15/h2,5,8-9,14-15,17,25H,3-4,6-7,10-11H2,1H3/t14-,17+/m1/s1. The Morgan fingerprint density at radius 1 is 1.27 bits per heavy atom. The largest absolute Gasteiger partial charge is 0.490 e. The van der Waals surface area contributed by atoms with Crippen LogP contribution in [-0.4, -0.2) is 37.4 Å². The maximum absolute atomic E-state index is 14.5. The first-order valence-corrected chi connectivity index (χ1v) is 11.4. The molecule has 0 spiro atoms. The molecule has 2 saturated carbocycles. The number of aromatic nitrogens is 1. The molecule has 1 aromatic carbocycles. The SMILES string of the molecule is Cc1cc(-c2ccc(OC[C@H]3CC(F)(F)CC[C@@H]3NS(=O)(=O)C3CC3)c(F)c2)no1. The normalized spacial score (nSPS) is 24.0. The van der Waals surface area contributed by atoms with Crippen LogP contribution in [0.15, 0.2) is 28.8 Å². The van der Waals surface area contributed by atoms with Gasteiger partial charge < -0.3 is 9.26 Å². The van der Waals surface area contributed by atoms with E-state index in [-0.39, 0.29) is 25.2 Å². The van der Waals surface area contributed by atoms with E-state index in [2.05, 4.69) is 9.88 Å². The molecule has 2 atom stereocenters. The summed E-state index contributed by atoms with van der Waals surface area (Å²) in [6.45, 7) is 1.50. The van der Waals surface area contributed by atoms with Crippen LogP contribution in [0.2, 0.25) is 0 Å². The minimum Gasteiger partial charge on any atom is -0.490 e. The molecule has 164 valence electrons. The Hall–Kier alpha value is -2.07. The van der Waals surface area contributed by atoms with Crippen molar-refractivity contribution in [2.24, 2.45) is 5.92 Å². The van der Waals surface area contributed by atoms with E-state index < -0.39 is 45.4 Å². The molecule has 0 amide bonds. The molecule has 2 aromatic rings. The summed E-state index contributed by atoms with van der Waals surface area (Å²) in [7, 11) is -3.52. The highest BCUT2D eigenvalue weighted by Crippen LogP contribution is 2.39. The Balaban J connectivity index is 1.45. The molecule has 30 heavy (non-hydrogen) atoms. The summed E-state index contributed by atoms with van der Waals surface area (Å²) in [6, 6.07) is 5.23. The molecule has 0 saturated heterocycles. The van der Waals surface area contributed by atoms with Gasteiger partial charge in [-0.1, -0.05) is 5.16 Å². The third-order valence-corrected chi connectivity index (χ3v) is 7.52. The Morgan fingerprint density at radius 3 is 2.67 bits per heavy atom. The van der Waals surface area contributed by atoms with E-state index in [4.69, 9.17) is 9.26 Å². The summed E-state index contributed by atoms with van der Waals surface area (Å²) in [4.78, 5) is 0. The van der Waals surface area contributed by atoms with E-state index in [1.54, 1.807) is 19.1 Å². The van der Waals surface area contributed by atoms with Gasteiger partial charge in [-0.25, -0.2) is 26.3 Å². The second-order valence-corrected chi connectivity index (χ2v) is 10.1. The monoisotopic (exact) mass is 444 g/mol. The average molecular weight is 444 g/mol. The molecular weight excluding hydrogens is 421 g/mol. The fourth-order valence-corrected chi connectivity index (χ4v) is 5.40. The fraction of sp³-hybridized carbons (Fsp3) is 0.550. The number of nitrogens with zero attached hydrogens (tertiary/aromatic N) is 1. The van der Waals surface area contributed by atoms with Gasteiger partial charge in [0.15, 0.2) is 11.6 Å². The van der Waals surface area contributed by atoms with Crippen LogP contribution < -0.4 is 9.46 Å². The maximum Gasteiger partial charge on any atom is 0.248 e. The molecule has 1 heterocycles. The number of benzene rings is 1. The zero-order valence-corrected chi connectivity index (χ0v) is 17.2. The molecule has 0 aliphatic heterocycles. The van der Waals surface area contributed by atoms with Gasteiger partial charge in [0.2, 0.25) is 15.9 Å². The van der Waals surface area contributed by atoms with Gasteiger partial charge in [-0.15, -0.1) is 0 Å². The van der Waals surface area contributed by atoms with Gasteiger partial charge in [-0.2, -0.15) is 0 Å². The molecule has 2 aliphatic carbocycles. The number of hydrogen-bond donors (Lipinski definition) is 1. The smallest absolute Gasteiger partial charge is 0.248 e. The van der Waals surface area contributed by atoms with E-state index in [0.717, 1.165) is 0 Å². The molecular formula is C20H23F3N2O4S. The molecule has 0 bridgehead atoms. The second-order valence-electron chi connectivity index (χ2n) is 8.11. The predicted octanol–water partition coefficient (Wildman–Crippen LogP) is 4.05. The van der Waals surface area contributed by atoms with Gasteiger partial charge in [0.05, 0.1) is 11.9 Å². The van der Waals surface area contributed by atoms with Crippen LogP contribution in [0.5, 0.6) is 5.75 Å². The number of alkyl halides is 2. The number of aryl methyl sites for hydroxylation is 1. The highest BCUT2D eigenvalue weighted by molar-refractivity contribution is 7.90. The molecule has 1 N–H and O–H groups in total. The Bertz CT molecular complexity index is 1020. The van der Waals surface area contributed by atoms with E-state index in [0.29, 0.717) is 29.9 Å². The van der Waals surface area contributed by atoms with Crippen LogP contribution >= 0.6 is 0 Å². The minimum atomic E-state index is -3.52. The molecule has 0 unspecified atom stereocenters. The van der Waals surface area contributed by atoms with Gasteiger partial charge in [-0.3, -0.25) is 0 Å². The minimum absolute atomic E-state index is 0.0138. The zero-order chi connectivity index (χ0) is 21.5. The van der Waals surface area contributed by atoms with Crippen LogP contribution in [-0.2, 0) is 10.0 Å². The van der Waals surface area contributed by atoms with Crippen molar-refractivity contribution in [2.45, 2.75) is 56.2 Å². The molecule has 2 fully saturated rings. The second kappa shape index (κ2) is 7.88. The summed E-state index contributed by atoms with van der Waals surface area (Å²) < 4.78 is 80.0. The van der Waals surface area contributed by atoms with Crippen molar-refractivity contribution in [3.63, 3.8) is 0 Å². The number of rotatable bonds is 7. The first kappa shape index (κ1) is 21.2. The van der Waals surface area contributed by atoms with Gasteiger partial charge in [0.1, 0.15) is 11.5 Å². The van der Waals surface area contributed by atoms with Crippen molar-refractivity contribution in [1.29, 1.82) is 0 Å². The number of hydrogen-bond acceptors (Lipinski definition) is 5. The maximum atomic E-state index is 14.5. The molecule has 4 rings (SSSR count). The number of nitrogens with one attached hydrogen (secondary N) is 1. The molecule has 2 aliphatic rings. The number of ether oxygens (including phenoxy) is 1. The highest BCUT2D eigenvalue weighted by Gasteiger charge is 2.45. The summed E-state index contributed by atoms with van der Waals surface area (Å²) in [5, 5.41) is 3.39. The van der Waals surface area contributed by atoms with Crippen LogP contribution in [0.3, 0.4) is 0 Å². The van der Waals surface area contributed by atoms with Crippen LogP contribution in [0, 0.1) is 18.7 Å². The third-order valence-electron chi connectivity index (χ3n) is 5.54. The summed E-state index contributed by atoms with van der Waals surface area (Å²) >= 11 is 0. The van der Waals surface area contributed by atoms with Crippen LogP contribution in [0.25, 0.3) is 11.3 Å². The van der Waals surface area contributed by atoms with Crippen molar-refractivity contribution in [2.75, 3.05) is 6.61 Å². The van der Waals surface area contributed by atoms with Gasteiger partial charge in [0.25, 0.3) is 0 Å². The first-order valence-electron chi connectivity index (χ1n) is 9.88. The molecule has 1 aromatic heterocycles. The Kier molecular flexibility index (Phi) is 5.56. The van der Waals surface area contributed by atoms with Crippen LogP contribution in [0.4, 0.5) is 13.2 Å². The Morgan fingerprint density at radius 2 is 2.03 bits per heavy atom.